The number of nitrogen functional groups attached to an aromatic ring is 1. The Kier molecular flexibility index (Phi) is 3.86. The third-order valence-corrected chi connectivity index (χ3v) is 4.32. The zero-order valence-electron chi connectivity index (χ0n) is 9.39. The van der Waals surface area contributed by atoms with Crippen LogP contribution in [0.5, 0.6) is 0 Å². The fourth-order valence-electron chi connectivity index (χ4n) is 2.11. The molecule has 0 unspecified atom stereocenters. The number of hydrogen-bond donors (Lipinski definition) is 2. The lowest BCUT2D eigenvalue weighted by Crippen LogP contribution is -2.09. The summed E-state index contributed by atoms with van der Waals surface area (Å²) < 4.78 is 0. The van der Waals surface area contributed by atoms with Crippen molar-refractivity contribution in [2.75, 3.05) is 5.43 Å². The van der Waals surface area contributed by atoms with E-state index in [2.05, 4.69) is 5.43 Å². The molecule has 0 amide bonds. The average molecular weight is 253 g/mol. The molecule has 2 rings (SSSR count). The molecule has 0 bridgehead atoms. The lowest BCUT2D eigenvalue weighted by molar-refractivity contribution is -0.386. The van der Waals surface area contributed by atoms with Gasteiger partial charge in [-0.1, -0.05) is 18.9 Å². The zero-order chi connectivity index (χ0) is 12.3. The molecule has 3 N–H and O–H groups in total. The first kappa shape index (κ1) is 12.2. The molecule has 0 heterocycles. The van der Waals surface area contributed by atoms with Crippen molar-refractivity contribution in [3.05, 3.63) is 28.3 Å². The van der Waals surface area contributed by atoms with Gasteiger partial charge in [0.25, 0.3) is 0 Å². The van der Waals surface area contributed by atoms with Crippen LogP contribution in [0.15, 0.2) is 23.1 Å². The maximum atomic E-state index is 11.1. The van der Waals surface area contributed by atoms with Crippen LogP contribution in [0, 0.1) is 10.1 Å². The fraction of sp³-hybridized carbons (Fsp3) is 0.455. The SMILES string of the molecule is NNc1cccc(SC2CCCC2)c1[N+](=O)[O-]. The van der Waals surface area contributed by atoms with Crippen molar-refractivity contribution >= 4 is 23.1 Å². The van der Waals surface area contributed by atoms with E-state index in [1.165, 1.54) is 12.8 Å². The van der Waals surface area contributed by atoms with E-state index in [0.717, 1.165) is 12.8 Å². The number of nitrogens with one attached hydrogen (secondary N) is 1. The fourth-order valence-corrected chi connectivity index (χ4v) is 3.49. The summed E-state index contributed by atoms with van der Waals surface area (Å²) in [6.45, 7) is 0. The molecule has 92 valence electrons. The Morgan fingerprint density at radius 3 is 2.71 bits per heavy atom. The maximum Gasteiger partial charge on any atom is 0.307 e. The number of rotatable bonds is 4. The molecule has 0 atom stereocenters. The first-order valence-electron chi connectivity index (χ1n) is 5.63. The van der Waals surface area contributed by atoms with Crippen LogP contribution in [0.2, 0.25) is 0 Å². The Bertz CT molecular complexity index is 419. The molecule has 0 saturated heterocycles. The van der Waals surface area contributed by atoms with Crippen LogP contribution in [0.3, 0.4) is 0 Å². The highest BCUT2D eigenvalue weighted by Crippen LogP contribution is 2.41. The molecule has 0 radical (unpaired) electrons. The number of nitrogens with two attached hydrogens (primary N) is 1. The van der Waals surface area contributed by atoms with Gasteiger partial charge in [-0.05, 0) is 25.0 Å². The molecule has 1 fully saturated rings. The number of thioether (sulfide) groups is 1. The van der Waals surface area contributed by atoms with Gasteiger partial charge in [0, 0.05) is 5.25 Å². The molecular weight excluding hydrogens is 238 g/mol. The van der Waals surface area contributed by atoms with Gasteiger partial charge in [-0.25, -0.2) is 0 Å². The Balaban J connectivity index is 2.28. The van der Waals surface area contributed by atoms with Crippen LogP contribution < -0.4 is 11.3 Å². The van der Waals surface area contributed by atoms with Crippen molar-refractivity contribution in [1.29, 1.82) is 0 Å². The Morgan fingerprint density at radius 2 is 2.12 bits per heavy atom. The lowest BCUT2D eigenvalue weighted by atomic mass is 10.3. The van der Waals surface area contributed by atoms with Gasteiger partial charge in [-0.2, -0.15) is 0 Å². The molecule has 0 spiro atoms. The highest BCUT2D eigenvalue weighted by atomic mass is 32.2. The van der Waals surface area contributed by atoms with Crippen molar-refractivity contribution in [2.24, 2.45) is 5.84 Å². The minimum atomic E-state index is -0.369. The van der Waals surface area contributed by atoms with E-state index < -0.39 is 0 Å². The molecule has 1 aromatic carbocycles. The molecule has 0 aromatic heterocycles. The predicted molar refractivity (Wildman–Crippen MR) is 69.0 cm³/mol. The maximum absolute atomic E-state index is 11.1. The van der Waals surface area contributed by atoms with Gasteiger partial charge in [0.05, 0.1) is 9.82 Å². The third kappa shape index (κ3) is 2.70. The minimum Gasteiger partial charge on any atom is -0.318 e. The van der Waals surface area contributed by atoms with Gasteiger partial charge < -0.3 is 5.43 Å². The third-order valence-electron chi connectivity index (χ3n) is 2.93. The van der Waals surface area contributed by atoms with Crippen LogP contribution >= 0.6 is 11.8 Å². The first-order chi connectivity index (χ1) is 8.22. The lowest BCUT2D eigenvalue weighted by Gasteiger charge is -2.10. The summed E-state index contributed by atoms with van der Waals surface area (Å²) >= 11 is 1.60. The number of para-hydroxylation sites is 1. The van der Waals surface area contributed by atoms with Gasteiger partial charge in [0.1, 0.15) is 5.69 Å². The van der Waals surface area contributed by atoms with E-state index in [1.807, 2.05) is 0 Å². The van der Waals surface area contributed by atoms with Gasteiger partial charge in [0.2, 0.25) is 0 Å². The Labute approximate surface area is 104 Å². The highest BCUT2D eigenvalue weighted by Gasteiger charge is 2.24. The molecular formula is C11H15N3O2S. The van der Waals surface area contributed by atoms with Crippen molar-refractivity contribution in [2.45, 2.75) is 35.8 Å². The van der Waals surface area contributed by atoms with Crippen LogP contribution in [-0.4, -0.2) is 10.2 Å². The first-order valence-corrected chi connectivity index (χ1v) is 6.51. The van der Waals surface area contributed by atoms with E-state index in [1.54, 1.807) is 30.0 Å². The van der Waals surface area contributed by atoms with Gasteiger partial charge in [0.15, 0.2) is 0 Å². The summed E-state index contributed by atoms with van der Waals surface area (Å²) in [6.07, 6.45) is 4.73. The van der Waals surface area contributed by atoms with Gasteiger partial charge >= 0.3 is 5.69 Å². The van der Waals surface area contributed by atoms with E-state index >= 15 is 0 Å². The van der Waals surface area contributed by atoms with E-state index in [0.29, 0.717) is 15.8 Å². The van der Waals surface area contributed by atoms with Crippen molar-refractivity contribution in [3.8, 4) is 0 Å². The number of nitro groups is 1. The summed E-state index contributed by atoms with van der Waals surface area (Å²) in [5.74, 6) is 5.30. The topological polar surface area (TPSA) is 81.2 Å². The summed E-state index contributed by atoms with van der Waals surface area (Å²) in [4.78, 5) is 11.4. The molecule has 1 aromatic rings. The Hall–Kier alpha value is -1.27. The van der Waals surface area contributed by atoms with Crippen LogP contribution in [0.4, 0.5) is 11.4 Å². The molecule has 1 saturated carbocycles. The molecule has 1 aliphatic carbocycles. The molecule has 6 heteroatoms. The number of nitrogens with zero attached hydrogens (tertiary/aromatic N) is 1. The quantitative estimate of drug-likeness (QED) is 0.490. The number of anilines is 1. The molecule has 0 aliphatic heterocycles. The van der Waals surface area contributed by atoms with E-state index in [4.69, 9.17) is 5.84 Å². The molecule has 17 heavy (non-hydrogen) atoms. The number of benzene rings is 1. The normalized spacial score (nSPS) is 16.1. The number of hydrazine groups is 1. The van der Waals surface area contributed by atoms with E-state index in [9.17, 15) is 10.1 Å². The standard InChI is InChI=1S/C11H15N3O2S/c12-13-9-6-3-7-10(11(9)14(15)16)17-8-4-1-2-5-8/h3,6-8,13H,1-2,4-5,12H2. The second-order valence-electron chi connectivity index (χ2n) is 4.08. The van der Waals surface area contributed by atoms with Gasteiger partial charge in [-0.15, -0.1) is 11.8 Å². The molecule has 1 aliphatic rings. The largest absolute Gasteiger partial charge is 0.318 e. The highest BCUT2D eigenvalue weighted by molar-refractivity contribution is 8.00. The summed E-state index contributed by atoms with van der Waals surface area (Å²) in [5, 5.41) is 11.6. The second-order valence-corrected chi connectivity index (χ2v) is 5.42. The second kappa shape index (κ2) is 5.37. The predicted octanol–water partition coefficient (Wildman–Crippen LogP) is 2.92. The number of hydrogen-bond acceptors (Lipinski definition) is 5. The van der Waals surface area contributed by atoms with Crippen molar-refractivity contribution in [3.63, 3.8) is 0 Å². The smallest absolute Gasteiger partial charge is 0.307 e. The van der Waals surface area contributed by atoms with Crippen molar-refractivity contribution < 1.29 is 4.92 Å². The van der Waals surface area contributed by atoms with Crippen LogP contribution in [0.1, 0.15) is 25.7 Å². The van der Waals surface area contributed by atoms with E-state index in [-0.39, 0.29) is 10.6 Å². The minimum absolute atomic E-state index is 0.0897. The van der Waals surface area contributed by atoms with Crippen LogP contribution in [0.25, 0.3) is 0 Å². The molecule has 5 nitrogen and oxygen atoms in total. The Morgan fingerprint density at radius 1 is 1.41 bits per heavy atom. The zero-order valence-corrected chi connectivity index (χ0v) is 10.2. The van der Waals surface area contributed by atoms with Crippen molar-refractivity contribution in [1.82, 2.24) is 0 Å². The summed E-state index contributed by atoms with van der Waals surface area (Å²) in [7, 11) is 0. The average Bonchev–Trinajstić information content (AvgIpc) is 2.81. The van der Waals surface area contributed by atoms with Crippen LogP contribution in [-0.2, 0) is 0 Å². The summed E-state index contributed by atoms with van der Waals surface area (Å²) in [5.41, 5.74) is 2.85. The monoisotopic (exact) mass is 253 g/mol. The summed E-state index contributed by atoms with van der Waals surface area (Å²) in [6, 6.07) is 5.21. The van der Waals surface area contributed by atoms with Gasteiger partial charge in [-0.3, -0.25) is 16.0 Å². The number of nitro benzene ring substituents is 1.